The summed E-state index contributed by atoms with van der Waals surface area (Å²) in [5.41, 5.74) is 13.2. The van der Waals surface area contributed by atoms with Gasteiger partial charge in [-0.05, 0) is 110 Å². The molecule has 0 radical (unpaired) electrons. The van der Waals surface area contributed by atoms with Gasteiger partial charge in [-0.1, -0.05) is 170 Å². The number of hydrogen-bond acceptors (Lipinski definition) is 3. The monoisotopic (exact) mass is 811 g/mol. The molecule has 0 amide bonds. The average molecular weight is 812 g/mol. The van der Waals surface area contributed by atoms with Crippen molar-refractivity contribution in [3.05, 3.63) is 224 Å². The minimum absolute atomic E-state index is 1.11. The van der Waals surface area contributed by atoms with E-state index in [0.29, 0.717) is 0 Å². The van der Waals surface area contributed by atoms with E-state index < -0.39 is 0 Å². The summed E-state index contributed by atoms with van der Waals surface area (Å²) < 4.78 is 5.20. The lowest BCUT2D eigenvalue weighted by Crippen LogP contribution is -2.10. The van der Waals surface area contributed by atoms with Crippen LogP contribution in [0.3, 0.4) is 0 Å². The van der Waals surface area contributed by atoms with Crippen LogP contribution in [0.25, 0.3) is 95.6 Å². The molecular weight excluding hydrogens is 775 g/mol. The Morgan fingerprint density at radius 3 is 1.52 bits per heavy atom. The molecule has 0 bridgehead atoms. The molecule has 12 rings (SSSR count). The Morgan fingerprint density at radius 2 is 0.803 bits per heavy atom. The Labute approximate surface area is 362 Å². The first-order valence-electron chi connectivity index (χ1n) is 20.7. The van der Waals surface area contributed by atoms with Gasteiger partial charge >= 0.3 is 0 Å². The smallest absolute Gasteiger partial charge is 0.0640 e. The quantitative estimate of drug-likeness (QED) is 0.155. The molecule has 0 aliphatic heterocycles. The molecule has 1 nitrogen and oxygen atoms in total. The number of rotatable bonds is 7. The number of fused-ring (bicyclic) bond motifs is 7. The zero-order chi connectivity index (χ0) is 40.3. The van der Waals surface area contributed by atoms with Gasteiger partial charge in [0.1, 0.15) is 0 Å². The van der Waals surface area contributed by atoms with Crippen molar-refractivity contribution in [1.29, 1.82) is 0 Å². The lowest BCUT2D eigenvalue weighted by molar-refractivity contribution is 1.30. The topological polar surface area (TPSA) is 3.24 Å². The normalized spacial score (nSPS) is 11.6. The second-order valence-corrected chi connectivity index (χ2v) is 17.8. The molecule has 286 valence electrons. The maximum absolute atomic E-state index is 2.45. The van der Waals surface area contributed by atoms with E-state index in [1.165, 1.54) is 101 Å². The fourth-order valence-electron chi connectivity index (χ4n) is 9.11. The van der Waals surface area contributed by atoms with E-state index in [0.717, 1.165) is 11.4 Å². The Bertz CT molecular complexity index is 3560. The third-order valence-corrected chi connectivity index (χ3v) is 14.4. The molecule has 3 heteroatoms. The van der Waals surface area contributed by atoms with Crippen LogP contribution >= 0.6 is 22.7 Å². The van der Waals surface area contributed by atoms with Crippen molar-refractivity contribution in [2.24, 2.45) is 0 Å². The van der Waals surface area contributed by atoms with E-state index in [9.17, 15) is 0 Å². The fraction of sp³-hybridized carbons (Fsp3) is 0. The van der Waals surface area contributed by atoms with Crippen LogP contribution < -0.4 is 4.90 Å². The summed E-state index contributed by atoms with van der Waals surface area (Å²) in [5, 5.41) is 7.75. The van der Waals surface area contributed by atoms with Gasteiger partial charge in [-0.15, -0.1) is 22.7 Å². The van der Waals surface area contributed by atoms with Crippen molar-refractivity contribution >= 4 is 90.9 Å². The maximum atomic E-state index is 2.45. The Kier molecular flexibility index (Phi) is 8.62. The number of thiophene rings is 2. The summed E-state index contributed by atoms with van der Waals surface area (Å²) in [6, 6.07) is 82.3. The molecule has 0 atom stereocenters. The SMILES string of the molecule is c1ccc(-c2ccc(N(c3ccc(-c4ccc(-c5ccc6ccccc6c5)cc4)cc3)c3ccc(-c4cccc5sc6ccccc6c45)cc3)c3sc4ccccc4c23)cc1. The highest BCUT2D eigenvalue weighted by atomic mass is 32.1. The lowest BCUT2D eigenvalue weighted by atomic mass is 9.97. The highest BCUT2D eigenvalue weighted by Crippen LogP contribution is 2.49. The fourth-order valence-corrected chi connectivity index (χ4v) is 11.5. The minimum Gasteiger partial charge on any atom is -0.309 e. The molecule has 0 aliphatic carbocycles. The molecule has 2 heterocycles. The van der Waals surface area contributed by atoms with Crippen molar-refractivity contribution < 1.29 is 0 Å². The van der Waals surface area contributed by atoms with E-state index in [-0.39, 0.29) is 0 Å². The van der Waals surface area contributed by atoms with Gasteiger partial charge in [0.05, 0.1) is 10.4 Å². The molecule has 0 saturated heterocycles. The second-order valence-electron chi connectivity index (χ2n) is 15.6. The summed E-state index contributed by atoms with van der Waals surface area (Å²) in [7, 11) is 0. The zero-order valence-electron chi connectivity index (χ0n) is 33.1. The Hall–Kier alpha value is -7.30. The van der Waals surface area contributed by atoms with Crippen LogP contribution in [0.1, 0.15) is 0 Å². The summed E-state index contributed by atoms with van der Waals surface area (Å²) in [4.78, 5) is 2.45. The van der Waals surface area contributed by atoms with Crippen molar-refractivity contribution in [1.82, 2.24) is 0 Å². The predicted octanol–water partition coefficient (Wildman–Crippen LogP) is 17.7. The third kappa shape index (κ3) is 6.21. The van der Waals surface area contributed by atoms with E-state index in [1.54, 1.807) is 0 Å². The summed E-state index contributed by atoms with van der Waals surface area (Å²) in [6.45, 7) is 0. The molecule has 0 fully saturated rings. The number of nitrogens with zero attached hydrogens (tertiary/aromatic N) is 1. The number of anilines is 3. The van der Waals surface area contributed by atoms with Crippen LogP contribution in [0.4, 0.5) is 17.1 Å². The Morgan fingerprint density at radius 1 is 0.295 bits per heavy atom. The van der Waals surface area contributed by atoms with Gasteiger partial charge in [0.25, 0.3) is 0 Å². The molecule has 0 saturated carbocycles. The summed E-state index contributed by atoms with van der Waals surface area (Å²) in [6.07, 6.45) is 0. The van der Waals surface area contributed by atoms with Gasteiger partial charge in [-0.25, -0.2) is 0 Å². The van der Waals surface area contributed by atoms with Gasteiger partial charge in [-0.3, -0.25) is 0 Å². The second kappa shape index (κ2) is 14.8. The van der Waals surface area contributed by atoms with Crippen LogP contribution in [0, 0.1) is 0 Å². The summed E-state index contributed by atoms with van der Waals surface area (Å²) in [5.74, 6) is 0. The molecule has 0 unspecified atom stereocenters. The van der Waals surface area contributed by atoms with Gasteiger partial charge in [0.2, 0.25) is 0 Å². The minimum atomic E-state index is 1.11. The molecule has 0 spiro atoms. The van der Waals surface area contributed by atoms with E-state index >= 15 is 0 Å². The van der Waals surface area contributed by atoms with E-state index in [1.807, 2.05) is 22.7 Å². The van der Waals surface area contributed by atoms with Crippen LogP contribution in [-0.2, 0) is 0 Å². The third-order valence-electron chi connectivity index (χ3n) is 12.1. The predicted molar refractivity (Wildman–Crippen MR) is 266 cm³/mol. The zero-order valence-corrected chi connectivity index (χ0v) is 34.8. The van der Waals surface area contributed by atoms with Crippen LogP contribution in [0.2, 0.25) is 0 Å². The van der Waals surface area contributed by atoms with E-state index in [2.05, 4.69) is 229 Å². The number of hydrogen-bond donors (Lipinski definition) is 0. The molecule has 10 aromatic carbocycles. The van der Waals surface area contributed by atoms with Crippen LogP contribution in [0.15, 0.2) is 224 Å². The molecule has 0 aliphatic rings. The van der Waals surface area contributed by atoms with Gasteiger partial charge in [-0.2, -0.15) is 0 Å². The molecule has 12 aromatic rings. The molecule has 61 heavy (non-hydrogen) atoms. The lowest BCUT2D eigenvalue weighted by Gasteiger charge is -2.27. The molecule has 2 aromatic heterocycles. The molecular formula is C58H37NS2. The van der Waals surface area contributed by atoms with Crippen molar-refractivity contribution in [2.75, 3.05) is 4.90 Å². The van der Waals surface area contributed by atoms with Crippen molar-refractivity contribution in [2.45, 2.75) is 0 Å². The first-order chi connectivity index (χ1) is 30.2. The van der Waals surface area contributed by atoms with Crippen LogP contribution in [0.5, 0.6) is 0 Å². The van der Waals surface area contributed by atoms with E-state index in [4.69, 9.17) is 0 Å². The first-order valence-corrected chi connectivity index (χ1v) is 22.4. The maximum Gasteiger partial charge on any atom is 0.0640 e. The van der Waals surface area contributed by atoms with Gasteiger partial charge < -0.3 is 4.90 Å². The molecule has 0 N–H and O–H groups in total. The van der Waals surface area contributed by atoms with Gasteiger partial charge in [0, 0.05) is 47.0 Å². The standard InChI is InChI=1S/C58H37NS2/c1-2-12-42(13-3-1)49-35-36-52(58-57(49)51-16-7-9-19-54(51)61-58)59(47-33-29-43(30-34-47)48-17-10-20-55-56(48)50-15-6-8-18-53(50)60-55)46-31-27-40(28-32-46)39-21-23-41(24-22-39)45-26-25-38-11-4-5-14-44(38)37-45/h1-37H. The van der Waals surface area contributed by atoms with Crippen LogP contribution in [-0.4, -0.2) is 0 Å². The first kappa shape index (κ1) is 35.6. The Balaban J connectivity index is 0.977. The highest BCUT2D eigenvalue weighted by molar-refractivity contribution is 7.26. The van der Waals surface area contributed by atoms with Gasteiger partial charge in [0.15, 0.2) is 0 Å². The van der Waals surface area contributed by atoms with Crippen molar-refractivity contribution in [3.63, 3.8) is 0 Å². The highest BCUT2D eigenvalue weighted by Gasteiger charge is 2.21. The average Bonchev–Trinajstić information content (AvgIpc) is 3.92. The number of benzene rings is 10. The van der Waals surface area contributed by atoms with Crippen molar-refractivity contribution in [3.8, 4) is 44.5 Å². The largest absolute Gasteiger partial charge is 0.309 e. The summed E-state index contributed by atoms with van der Waals surface area (Å²) >= 11 is 3.75.